The Morgan fingerprint density at radius 3 is 2.69 bits per heavy atom. The van der Waals surface area contributed by atoms with Crippen LogP contribution >= 0.6 is 35.3 Å². The standard InChI is InChI=1S/C10H19N3S3/c1-13(2)7-5-3-4-6-8-15-10-12-11-9(14)16-10/h3-8H2,1-2H3,(H,11,14). The van der Waals surface area contributed by atoms with Crippen LogP contribution in [0.25, 0.3) is 0 Å². The summed E-state index contributed by atoms with van der Waals surface area (Å²) in [5.41, 5.74) is 0. The molecule has 0 aliphatic carbocycles. The lowest BCUT2D eigenvalue weighted by Crippen LogP contribution is -2.12. The number of hydrogen-bond donors (Lipinski definition) is 1. The third-order valence-electron chi connectivity index (χ3n) is 2.14. The predicted octanol–water partition coefficient (Wildman–Crippen LogP) is 3.41. The van der Waals surface area contributed by atoms with Gasteiger partial charge in [-0.15, -0.1) is 0 Å². The van der Waals surface area contributed by atoms with Crippen LogP contribution in [-0.4, -0.2) is 41.5 Å². The molecule has 0 fully saturated rings. The fourth-order valence-corrected chi connectivity index (χ4v) is 3.47. The van der Waals surface area contributed by atoms with Crippen molar-refractivity contribution in [3.63, 3.8) is 0 Å². The molecule has 0 spiro atoms. The highest BCUT2D eigenvalue weighted by Crippen LogP contribution is 2.21. The van der Waals surface area contributed by atoms with Gasteiger partial charge in [-0.25, -0.2) is 0 Å². The number of nitrogens with zero attached hydrogens (tertiary/aromatic N) is 2. The minimum Gasteiger partial charge on any atom is -0.309 e. The monoisotopic (exact) mass is 277 g/mol. The van der Waals surface area contributed by atoms with Crippen LogP contribution in [0, 0.1) is 3.95 Å². The molecule has 0 atom stereocenters. The van der Waals surface area contributed by atoms with E-state index in [1.54, 1.807) is 23.1 Å². The minimum atomic E-state index is 0.772. The van der Waals surface area contributed by atoms with Gasteiger partial charge in [0, 0.05) is 5.75 Å². The maximum Gasteiger partial charge on any atom is 0.177 e. The molecule has 6 heteroatoms. The van der Waals surface area contributed by atoms with Crippen LogP contribution in [0.1, 0.15) is 25.7 Å². The molecule has 0 saturated carbocycles. The average Bonchev–Trinajstić information content (AvgIpc) is 2.62. The van der Waals surface area contributed by atoms with Crippen molar-refractivity contribution in [3.05, 3.63) is 3.95 Å². The van der Waals surface area contributed by atoms with Gasteiger partial charge in [0.1, 0.15) is 0 Å². The van der Waals surface area contributed by atoms with E-state index < -0.39 is 0 Å². The minimum absolute atomic E-state index is 0.772. The highest BCUT2D eigenvalue weighted by atomic mass is 32.2. The molecule has 1 heterocycles. The van der Waals surface area contributed by atoms with Gasteiger partial charge in [-0.3, -0.25) is 5.10 Å². The maximum absolute atomic E-state index is 4.98. The van der Waals surface area contributed by atoms with Gasteiger partial charge in [-0.2, -0.15) is 5.10 Å². The smallest absolute Gasteiger partial charge is 0.177 e. The molecule has 1 N–H and O–H groups in total. The molecule has 0 radical (unpaired) electrons. The van der Waals surface area contributed by atoms with E-state index >= 15 is 0 Å². The van der Waals surface area contributed by atoms with E-state index in [1.165, 1.54) is 32.2 Å². The summed E-state index contributed by atoms with van der Waals surface area (Å²) in [5, 5.41) is 6.92. The number of rotatable bonds is 8. The molecule has 0 aromatic carbocycles. The van der Waals surface area contributed by atoms with Crippen LogP contribution in [0.15, 0.2) is 4.34 Å². The van der Waals surface area contributed by atoms with Crippen molar-refractivity contribution in [2.75, 3.05) is 26.4 Å². The highest BCUT2D eigenvalue weighted by molar-refractivity contribution is 8.01. The third-order valence-corrected chi connectivity index (χ3v) is 4.46. The van der Waals surface area contributed by atoms with E-state index in [0.29, 0.717) is 0 Å². The van der Waals surface area contributed by atoms with E-state index in [2.05, 4.69) is 29.2 Å². The topological polar surface area (TPSA) is 31.9 Å². The summed E-state index contributed by atoms with van der Waals surface area (Å²) in [6.45, 7) is 1.20. The second kappa shape index (κ2) is 8.22. The van der Waals surface area contributed by atoms with E-state index in [9.17, 15) is 0 Å². The summed E-state index contributed by atoms with van der Waals surface area (Å²) in [6, 6.07) is 0. The average molecular weight is 277 g/mol. The zero-order valence-corrected chi connectivity index (χ0v) is 12.3. The molecule has 92 valence electrons. The predicted molar refractivity (Wildman–Crippen MR) is 75.0 cm³/mol. The van der Waals surface area contributed by atoms with E-state index in [0.717, 1.165) is 14.0 Å². The molecule has 1 aromatic rings. The van der Waals surface area contributed by atoms with Crippen LogP contribution in [-0.2, 0) is 0 Å². The van der Waals surface area contributed by atoms with Crippen molar-refractivity contribution >= 4 is 35.3 Å². The zero-order chi connectivity index (χ0) is 11.8. The van der Waals surface area contributed by atoms with Crippen LogP contribution < -0.4 is 0 Å². The molecular weight excluding hydrogens is 258 g/mol. The number of nitrogens with one attached hydrogen (secondary N) is 1. The molecule has 0 aliphatic rings. The zero-order valence-electron chi connectivity index (χ0n) is 9.86. The summed E-state index contributed by atoms with van der Waals surface area (Å²) in [6.07, 6.45) is 5.22. The lowest BCUT2D eigenvalue weighted by atomic mass is 10.2. The first kappa shape index (κ1) is 14.2. The number of thioether (sulfide) groups is 1. The molecule has 0 saturated heterocycles. The Morgan fingerprint density at radius 1 is 1.31 bits per heavy atom. The quantitative estimate of drug-likeness (QED) is 0.448. The van der Waals surface area contributed by atoms with Crippen molar-refractivity contribution < 1.29 is 0 Å². The van der Waals surface area contributed by atoms with Gasteiger partial charge in [-0.1, -0.05) is 35.9 Å². The largest absolute Gasteiger partial charge is 0.309 e. The Bertz CT molecular complexity index is 332. The summed E-state index contributed by atoms with van der Waals surface area (Å²) >= 11 is 8.34. The van der Waals surface area contributed by atoms with Gasteiger partial charge < -0.3 is 4.90 Å². The highest BCUT2D eigenvalue weighted by Gasteiger charge is 1.98. The van der Waals surface area contributed by atoms with Gasteiger partial charge in [0.25, 0.3) is 0 Å². The fourth-order valence-electron chi connectivity index (χ4n) is 1.32. The summed E-state index contributed by atoms with van der Waals surface area (Å²) in [7, 11) is 4.25. The number of hydrogen-bond acceptors (Lipinski definition) is 5. The Labute approximate surface area is 111 Å². The first-order chi connectivity index (χ1) is 7.68. The maximum atomic E-state index is 4.98. The van der Waals surface area contributed by atoms with Gasteiger partial charge >= 0.3 is 0 Å². The Kier molecular flexibility index (Phi) is 7.27. The summed E-state index contributed by atoms with van der Waals surface area (Å²) in [5.74, 6) is 1.15. The van der Waals surface area contributed by atoms with Gasteiger partial charge in [0.05, 0.1) is 0 Å². The van der Waals surface area contributed by atoms with Gasteiger partial charge in [0.15, 0.2) is 8.29 Å². The lowest BCUT2D eigenvalue weighted by Gasteiger charge is -2.08. The number of H-pyrrole nitrogens is 1. The lowest BCUT2D eigenvalue weighted by molar-refractivity contribution is 0.391. The number of aromatic nitrogens is 2. The molecular formula is C10H19N3S3. The Morgan fingerprint density at radius 2 is 2.06 bits per heavy atom. The van der Waals surface area contributed by atoms with Crippen LogP contribution in [0.2, 0.25) is 0 Å². The normalized spacial score (nSPS) is 11.2. The summed E-state index contributed by atoms with van der Waals surface area (Å²) < 4.78 is 1.84. The van der Waals surface area contributed by atoms with E-state index in [-0.39, 0.29) is 0 Å². The molecule has 0 aliphatic heterocycles. The van der Waals surface area contributed by atoms with Crippen LogP contribution in [0.4, 0.5) is 0 Å². The van der Waals surface area contributed by atoms with E-state index in [4.69, 9.17) is 12.2 Å². The van der Waals surface area contributed by atoms with Crippen LogP contribution in [0.5, 0.6) is 0 Å². The molecule has 1 rings (SSSR count). The Balaban J connectivity index is 1.94. The first-order valence-electron chi connectivity index (χ1n) is 5.51. The Hall–Kier alpha value is 0.0900. The number of unbranched alkanes of at least 4 members (excludes halogenated alkanes) is 3. The second-order valence-corrected chi connectivity index (χ2v) is 6.95. The summed E-state index contributed by atoms with van der Waals surface area (Å²) in [4.78, 5) is 2.24. The van der Waals surface area contributed by atoms with Crippen molar-refractivity contribution in [2.24, 2.45) is 0 Å². The molecule has 0 bridgehead atoms. The van der Waals surface area contributed by atoms with Crippen molar-refractivity contribution in [1.29, 1.82) is 0 Å². The SMILES string of the molecule is CN(C)CCCCCCSc1n[nH]c(=S)s1. The third kappa shape index (κ3) is 6.62. The van der Waals surface area contributed by atoms with Crippen molar-refractivity contribution in [2.45, 2.75) is 30.0 Å². The second-order valence-electron chi connectivity index (χ2n) is 3.94. The van der Waals surface area contributed by atoms with Crippen molar-refractivity contribution in [3.8, 4) is 0 Å². The van der Waals surface area contributed by atoms with Gasteiger partial charge in [-0.05, 0) is 45.7 Å². The van der Waals surface area contributed by atoms with E-state index in [1.807, 2.05) is 0 Å². The molecule has 3 nitrogen and oxygen atoms in total. The molecule has 0 amide bonds. The van der Waals surface area contributed by atoms with Crippen LogP contribution in [0.3, 0.4) is 0 Å². The molecule has 0 unspecified atom stereocenters. The fraction of sp³-hybridized carbons (Fsp3) is 0.800. The van der Waals surface area contributed by atoms with Crippen molar-refractivity contribution in [1.82, 2.24) is 15.1 Å². The molecule has 16 heavy (non-hydrogen) atoms. The number of aromatic amines is 1. The molecule has 1 aromatic heterocycles. The van der Waals surface area contributed by atoms with Gasteiger partial charge in [0.2, 0.25) is 0 Å². The first-order valence-corrected chi connectivity index (χ1v) is 7.72.